The molecule has 3 nitrogen and oxygen atoms in total. The van der Waals surface area contributed by atoms with E-state index >= 15 is 0 Å². The van der Waals surface area contributed by atoms with Gasteiger partial charge in [-0.3, -0.25) is 4.79 Å². The van der Waals surface area contributed by atoms with E-state index in [4.69, 9.17) is 0 Å². The lowest BCUT2D eigenvalue weighted by Gasteiger charge is -2.37. The summed E-state index contributed by atoms with van der Waals surface area (Å²) in [4.78, 5) is 14.1. The van der Waals surface area contributed by atoms with E-state index in [1.165, 1.54) is 12.8 Å². The molecule has 0 spiro atoms. The van der Waals surface area contributed by atoms with Crippen LogP contribution in [0.3, 0.4) is 0 Å². The number of hydrogen-bond acceptors (Lipinski definition) is 3. The van der Waals surface area contributed by atoms with Crippen molar-refractivity contribution in [3.8, 4) is 0 Å². The van der Waals surface area contributed by atoms with Crippen LogP contribution < -0.4 is 5.32 Å². The van der Waals surface area contributed by atoms with E-state index in [1.807, 2.05) is 0 Å². The highest BCUT2D eigenvalue weighted by molar-refractivity contribution is 7.98. The average molecular weight is 228 g/mol. The van der Waals surface area contributed by atoms with Crippen molar-refractivity contribution in [3.05, 3.63) is 0 Å². The van der Waals surface area contributed by atoms with Crippen molar-refractivity contribution >= 4 is 17.7 Å². The first-order chi connectivity index (χ1) is 7.33. The van der Waals surface area contributed by atoms with Gasteiger partial charge in [0, 0.05) is 37.8 Å². The van der Waals surface area contributed by atoms with Gasteiger partial charge in [-0.05, 0) is 25.0 Å². The Hall–Kier alpha value is -0.220. The standard InChI is InChI=1S/C11H20N2OS/c1-15-6-4-11(14)13-5-2-3-9-7-12-8-10(9)13/h9-10,12H,2-8H2,1H3. The first-order valence-electron chi connectivity index (χ1n) is 5.82. The fourth-order valence-corrected chi connectivity index (χ4v) is 3.09. The topological polar surface area (TPSA) is 32.3 Å². The fraction of sp³-hybridized carbons (Fsp3) is 0.909. The summed E-state index contributed by atoms with van der Waals surface area (Å²) in [5, 5.41) is 3.41. The van der Waals surface area contributed by atoms with Crippen LogP contribution in [0.25, 0.3) is 0 Å². The number of thioether (sulfide) groups is 1. The quantitative estimate of drug-likeness (QED) is 0.780. The number of carbonyl (C=O) groups is 1. The van der Waals surface area contributed by atoms with Crippen molar-refractivity contribution < 1.29 is 4.79 Å². The van der Waals surface area contributed by atoms with E-state index in [2.05, 4.69) is 16.5 Å². The summed E-state index contributed by atoms with van der Waals surface area (Å²) in [7, 11) is 0. The molecule has 2 rings (SSSR count). The van der Waals surface area contributed by atoms with Crippen LogP contribution in [0, 0.1) is 5.92 Å². The van der Waals surface area contributed by atoms with Gasteiger partial charge in [-0.15, -0.1) is 0 Å². The molecule has 0 aromatic heterocycles. The second-order valence-corrected chi connectivity index (χ2v) is 5.44. The van der Waals surface area contributed by atoms with Crippen LogP contribution >= 0.6 is 11.8 Å². The normalized spacial score (nSPS) is 30.3. The van der Waals surface area contributed by atoms with Crippen molar-refractivity contribution in [2.24, 2.45) is 5.92 Å². The molecule has 15 heavy (non-hydrogen) atoms. The molecule has 2 fully saturated rings. The lowest BCUT2D eigenvalue weighted by molar-refractivity contribution is -0.134. The summed E-state index contributed by atoms with van der Waals surface area (Å²) in [6.45, 7) is 3.10. The number of carbonyl (C=O) groups excluding carboxylic acids is 1. The Kier molecular flexibility index (Phi) is 3.92. The van der Waals surface area contributed by atoms with Gasteiger partial charge >= 0.3 is 0 Å². The van der Waals surface area contributed by atoms with Crippen LogP contribution in [0.2, 0.25) is 0 Å². The zero-order chi connectivity index (χ0) is 10.7. The highest BCUT2D eigenvalue weighted by Crippen LogP contribution is 2.26. The monoisotopic (exact) mass is 228 g/mol. The summed E-state index contributed by atoms with van der Waals surface area (Å²) in [5.41, 5.74) is 0. The van der Waals surface area contributed by atoms with Crippen LogP contribution in [0.1, 0.15) is 19.3 Å². The molecule has 2 saturated heterocycles. The fourth-order valence-electron chi connectivity index (χ4n) is 2.71. The molecule has 0 radical (unpaired) electrons. The third kappa shape index (κ3) is 2.48. The summed E-state index contributed by atoms with van der Waals surface area (Å²) in [6, 6.07) is 0.494. The Morgan fingerprint density at radius 2 is 2.40 bits per heavy atom. The van der Waals surface area contributed by atoms with E-state index in [-0.39, 0.29) is 0 Å². The second kappa shape index (κ2) is 5.21. The molecule has 0 aromatic rings. The number of hydrogen-bond donors (Lipinski definition) is 1. The molecule has 2 atom stereocenters. The van der Waals surface area contributed by atoms with E-state index in [0.29, 0.717) is 18.4 Å². The maximum Gasteiger partial charge on any atom is 0.223 e. The van der Waals surface area contributed by atoms with E-state index < -0.39 is 0 Å². The van der Waals surface area contributed by atoms with Gasteiger partial charge in [-0.25, -0.2) is 0 Å². The Morgan fingerprint density at radius 1 is 1.53 bits per heavy atom. The number of piperidine rings is 1. The van der Waals surface area contributed by atoms with E-state index in [0.717, 1.165) is 31.3 Å². The van der Waals surface area contributed by atoms with Crippen molar-refractivity contribution in [2.75, 3.05) is 31.6 Å². The summed E-state index contributed by atoms with van der Waals surface area (Å²) in [6.07, 6.45) is 5.26. The lowest BCUT2D eigenvalue weighted by atomic mass is 9.92. The largest absolute Gasteiger partial charge is 0.338 e. The Bertz CT molecular complexity index is 235. The number of amides is 1. The van der Waals surface area contributed by atoms with Crippen molar-refractivity contribution in [1.29, 1.82) is 0 Å². The third-order valence-corrected chi connectivity index (χ3v) is 4.13. The highest BCUT2D eigenvalue weighted by atomic mass is 32.2. The maximum atomic E-state index is 12.0. The molecule has 2 heterocycles. The Morgan fingerprint density at radius 3 is 3.20 bits per heavy atom. The molecule has 0 saturated carbocycles. The highest BCUT2D eigenvalue weighted by Gasteiger charge is 2.36. The van der Waals surface area contributed by atoms with Crippen molar-refractivity contribution in [1.82, 2.24) is 10.2 Å². The summed E-state index contributed by atoms with van der Waals surface area (Å²) in [5.74, 6) is 2.04. The Balaban J connectivity index is 1.92. The average Bonchev–Trinajstić information content (AvgIpc) is 2.73. The van der Waals surface area contributed by atoms with E-state index in [1.54, 1.807) is 11.8 Å². The van der Waals surface area contributed by atoms with Gasteiger partial charge in [0.15, 0.2) is 0 Å². The molecule has 2 aliphatic rings. The van der Waals surface area contributed by atoms with Crippen molar-refractivity contribution in [3.63, 3.8) is 0 Å². The molecule has 1 amide bonds. The molecule has 2 unspecified atom stereocenters. The number of fused-ring (bicyclic) bond motifs is 1. The molecule has 0 bridgehead atoms. The van der Waals surface area contributed by atoms with Gasteiger partial charge in [0.1, 0.15) is 0 Å². The molecule has 4 heteroatoms. The van der Waals surface area contributed by atoms with Crippen molar-refractivity contribution in [2.45, 2.75) is 25.3 Å². The van der Waals surface area contributed by atoms with Gasteiger partial charge in [0.25, 0.3) is 0 Å². The molecule has 0 aliphatic carbocycles. The predicted octanol–water partition coefficient (Wildman–Crippen LogP) is 0.950. The van der Waals surface area contributed by atoms with Gasteiger partial charge in [0.2, 0.25) is 5.91 Å². The Labute approximate surface area is 96.0 Å². The molecular weight excluding hydrogens is 208 g/mol. The summed E-state index contributed by atoms with van der Waals surface area (Å²) >= 11 is 1.76. The van der Waals surface area contributed by atoms with Crippen LogP contribution in [-0.4, -0.2) is 48.5 Å². The zero-order valence-electron chi connectivity index (χ0n) is 9.37. The molecule has 86 valence electrons. The zero-order valence-corrected chi connectivity index (χ0v) is 10.2. The minimum Gasteiger partial charge on any atom is -0.338 e. The van der Waals surface area contributed by atoms with Crippen LogP contribution in [0.4, 0.5) is 0 Å². The molecule has 0 aromatic carbocycles. The third-order valence-electron chi connectivity index (χ3n) is 3.52. The number of rotatable bonds is 3. The second-order valence-electron chi connectivity index (χ2n) is 4.46. The minimum atomic E-state index is 0.364. The smallest absolute Gasteiger partial charge is 0.223 e. The molecular formula is C11H20N2OS. The summed E-state index contributed by atoms with van der Waals surface area (Å²) < 4.78 is 0. The van der Waals surface area contributed by atoms with Crippen LogP contribution in [0.5, 0.6) is 0 Å². The number of nitrogens with one attached hydrogen (secondary N) is 1. The minimum absolute atomic E-state index is 0.364. The maximum absolute atomic E-state index is 12.0. The molecule has 2 aliphatic heterocycles. The predicted molar refractivity (Wildman–Crippen MR) is 64.1 cm³/mol. The van der Waals surface area contributed by atoms with Crippen LogP contribution in [-0.2, 0) is 4.79 Å². The van der Waals surface area contributed by atoms with Gasteiger partial charge < -0.3 is 10.2 Å². The number of nitrogens with zero attached hydrogens (tertiary/aromatic N) is 1. The van der Waals surface area contributed by atoms with Gasteiger partial charge in [-0.2, -0.15) is 11.8 Å². The number of likely N-dealkylation sites (tertiary alicyclic amines) is 1. The molecule has 1 N–H and O–H groups in total. The van der Waals surface area contributed by atoms with E-state index in [9.17, 15) is 4.79 Å². The lowest BCUT2D eigenvalue weighted by Crippen LogP contribution is -2.48. The van der Waals surface area contributed by atoms with Gasteiger partial charge in [-0.1, -0.05) is 0 Å². The first-order valence-corrected chi connectivity index (χ1v) is 7.21. The van der Waals surface area contributed by atoms with Crippen LogP contribution in [0.15, 0.2) is 0 Å². The SMILES string of the molecule is CSCCC(=O)N1CCCC2CNCC21. The van der Waals surface area contributed by atoms with Gasteiger partial charge in [0.05, 0.1) is 0 Å². The first kappa shape index (κ1) is 11.3.